The molecule has 1 aliphatic rings. The third-order valence-electron chi connectivity index (χ3n) is 3.99. The molecule has 1 heterocycles. The molecule has 1 aliphatic heterocycles. The van der Waals surface area contributed by atoms with Crippen molar-refractivity contribution in [3.63, 3.8) is 0 Å². The SMILES string of the molecule is [B][C@@H]1O[C@H](CC(CC)CC)C(C)C1C. The van der Waals surface area contributed by atoms with E-state index in [0.717, 1.165) is 5.92 Å². The van der Waals surface area contributed by atoms with E-state index >= 15 is 0 Å². The molecule has 0 aromatic carbocycles. The fraction of sp³-hybridized carbons (Fsp3) is 1.00. The van der Waals surface area contributed by atoms with Crippen molar-refractivity contribution in [3.05, 3.63) is 0 Å². The van der Waals surface area contributed by atoms with Crippen LogP contribution < -0.4 is 0 Å². The first-order valence-corrected chi connectivity index (χ1v) is 6.01. The van der Waals surface area contributed by atoms with E-state index in [-0.39, 0.29) is 6.00 Å². The molecule has 2 unspecified atom stereocenters. The predicted octanol–water partition coefficient (Wildman–Crippen LogP) is 2.98. The average Bonchev–Trinajstić information content (AvgIpc) is 2.42. The second kappa shape index (κ2) is 5.20. The zero-order valence-corrected chi connectivity index (χ0v) is 9.99. The van der Waals surface area contributed by atoms with Gasteiger partial charge in [-0.25, -0.2) is 0 Å². The van der Waals surface area contributed by atoms with Crippen LogP contribution in [0.15, 0.2) is 0 Å². The molecule has 1 nitrogen and oxygen atoms in total. The number of hydrogen-bond acceptors (Lipinski definition) is 1. The van der Waals surface area contributed by atoms with Crippen LogP contribution >= 0.6 is 0 Å². The Morgan fingerprint density at radius 1 is 1.14 bits per heavy atom. The second-order valence-electron chi connectivity index (χ2n) is 4.78. The van der Waals surface area contributed by atoms with Crippen LogP contribution in [0, 0.1) is 17.8 Å². The first-order chi connectivity index (χ1) is 6.60. The van der Waals surface area contributed by atoms with E-state index in [2.05, 4.69) is 27.7 Å². The molecular weight excluding hydrogens is 171 g/mol. The van der Waals surface area contributed by atoms with Crippen LogP contribution in [0.25, 0.3) is 0 Å². The topological polar surface area (TPSA) is 9.23 Å². The molecule has 0 aliphatic carbocycles. The minimum absolute atomic E-state index is 0.0376. The molecule has 0 amide bonds. The summed E-state index contributed by atoms with van der Waals surface area (Å²) in [5.41, 5.74) is 0. The average molecular weight is 194 g/mol. The Kier molecular flexibility index (Phi) is 4.50. The zero-order chi connectivity index (χ0) is 10.7. The number of hydrogen-bond donors (Lipinski definition) is 0. The molecule has 1 rings (SSSR count). The van der Waals surface area contributed by atoms with E-state index in [1.54, 1.807) is 0 Å². The molecule has 80 valence electrons. The number of rotatable bonds is 4. The van der Waals surface area contributed by atoms with E-state index in [4.69, 9.17) is 12.6 Å². The van der Waals surface area contributed by atoms with Gasteiger partial charge in [0.25, 0.3) is 0 Å². The summed E-state index contributed by atoms with van der Waals surface area (Å²) in [4.78, 5) is 0. The summed E-state index contributed by atoms with van der Waals surface area (Å²) in [5, 5.41) is 0. The van der Waals surface area contributed by atoms with Crippen LogP contribution in [0.3, 0.4) is 0 Å². The van der Waals surface area contributed by atoms with Crippen molar-refractivity contribution in [2.24, 2.45) is 17.8 Å². The third-order valence-corrected chi connectivity index (χ3v) is 3.99. The van der Waals surface area contributed by atoms with E-state index in [1.165, 1.54) is 19.3 Å². The maximum atomic E-state index is 5.90. The molecule has 0 aromatic rings. The van der Waals surface area contributed by atoms with Crippen molar-refractivity contribution < 1.29 is 4.74 Å². The van der Waals surface area contributed by atoms with Crippen LogP contribution in [0.4, 0.5) is 0 Å². The molecule has 1 saturated heterocycles. The normalized spacial score (nSPS) is 38.1. The van der Waals surface area contributed by atoms with Gasteiger partial charge < -0.3 is 4.74 Å². The van der Waals surface area contributed by atoms with Crippen molar-refractivity contribution in [1.82, 2.24) is 0 Å². The van der Waals surface area contributed by atoms with Gasteiger partial charge in [0.1, 0.15) is 7.85 Å². The fourth-order valence-electron chi connectivity index (χ4n) is 2.31. The summed E-state index contributed by atoms with van der Waals surface area (Å²) in [5.74, 6) is 1.93. The monoisotopic (exact) mass is 194 g/mol. The van der Waals surface area contributed by atoms with Crippen LogP contribution in [-0.2, 0) is 4.74 Å². The maximum absolute atomic E-state index is 5.90. The first-order valence-electron chi connectivity index (χ1n) is 6.01. The van der Waals surface area contributed by atoms with Gasteiger partial charge in [0.05, 0.1) is 6.10 Å². The summed E-state index contributed by atoms with van der Waals surface area (Å²) < 4.78 is 5.80. The Morgan fingerprint density at radius 2 is 1.71 bits per heavy atom. The molecule has 0 saturated carbocycles. The smallest absolute Gasteiger partial charge is 0.109 e. The van der Waals surface area contributed by atoms with E-state index in [9.17, 15) is 0 Å². The van der Waals surface area contributed by atoms with Crippen molar-refractivity contribution >= 4 is 7.85 Å². The Labute approximate surface area is 90.0 Å². The highest BCUT2D eigenvalue weighted by molar-refractivity contribution is 6.11. The summed E-state index contributed by atoms with van der Waals surface area (Å²) in [6.07, 6.45) is 4.09. The van der Waals surface area contributed by atoms with Gasteiger partial charge in [0.15, 0.2) is 0 Å². The van der Waals surface area contributed by atoms with Gasteiger partial charge in [0.2, 0.25) is 0 Å². The van der Waals surface area contributed by atoms with Gasteiger partial charge >= 0.3 is 0 Å². The Balaban J connectivity index is 2.46. The van der Waals surface area contributed by atoms with Gasteiger partial charge in [-0.05, 0) is 24.2 Å². The molecule has 2 radical (unpaired) electrons. The van der Waals surface area contributed by atoms with Crippen LogP contribution in [0.2, 0.25) is 0 Å². The van der Waals surface area contributed by atoms with E-state index < -0.39 is 0 Å². The number of ether oxygens (including phenoxy) is 1. The molecule has 14 heavy (non-hydrogen) atoms. The van der Waals surface area contributed by atoms with E-state index in [0.29, 0.717) is 17.9 Å². The molecule has 2 heteroatoms. The summed E-state index contributed by atoms with van der Waals surface area (Å²) in [6.45, 7) is 8.99. The van der Waals surface area contributed by atoms with Crippen LogP contribution in [-0.4, -0.2) is 20.0 Å². The summed E-state index contributed by atoms with van der Waals surface area (Å²) in [6, 6.07) is -0.0376. The standard InChI is InChI=1S/C12H23BO/c1-5-10(6-2)7-11-8(3)9(4)12(13)14-11/h8-12H,5-7H2,1-4H3/t8?,9?,11-,12-/m1/s1. The lowest BCUT2D eigenvalue weighted by Gasteiger charge is -2.21. The molecule has 0 aromatic heterocycles. The predicted molar refractivity (Wildman–Crippen MR) is 61.4 cm³/mol. The highest BCUT2D eigenvalue weighted by Gasteiger charge is 2.36. The zero-order valence-electron chi connectivity index (χ0n) is 9.99. The summed E-state index contributed by atoms with van der Waals surface area (Å²) in [7, 11) is 5.90. The molecule has 0 spiro atoms. The largest absolute Gasteiger partial charge is 0.384 e. The molecule has 0 bridgehead atoms. The van der Waals surface area contributed by atoms with E-state index in [1.807, 2.05) is 0 Å². The Morgan fingerprint density at radius 3 is 2.07 bits per heavy atom. The fourth-order valence-corrected chi connectivity index (χ4v) is 2.31. The lowest BCUT2D eigenvalue weighted by atomic mass is 9.80. The summed E-state index contributed by atoms with van der Waals surface area (Å²) >= 11 is 0. The third kappa shape index (κ3) is 2.53. The van der Waals surface area contributed by atoms with Gasteiger partial charge in [-0.3, -0.25) is 0 Å². The maximum Gasteiger partial charge on any atom is 0.109 e. The lowest BCUT2D eigenvalue weighted by molar-refractivity contribution is 0.0528. The van der Waals surface area contributed by atoms with Crippen molar-refractivity contribution in [1.29, 1.82) is 0 Å². The molecule has 1 fully saturated rings. The van der Waals surface area contributed by atoms with Crippen molar-refractivity contribution in [2.45, 2.75) is 59.1 Å². The Hall–Kier alpha value is 0.0249. The highest BCUT2D eigenvalue weighted by Crippen LogP contribution is 2.34. The minimum atomic E-state index is -0.0376. The van der Waals surface area contributed by atoms with Gasteiger partial charge in [-0.15, -0.1) is 0 Å². The highest BCUT2D eigenvalue weighted by atomic mass is 16.5. The first kappa shape index (κ1) is 12.1. The quantitative estimate of drug-likeness (QED) is 0.625. The lowest BCUT2D eigenvalue weighted by Crippen LogP contribution is -2.19. The Bertz CT molecular complexity index is 168. The van der Waals surface area contributed by atoms with Crippen molar-refractivity contribution in [3.8, 4) is 0 Å². The van der Waals surface area contributed by atoms with Gasteiger partial charge in [-0.1, -0.05) is 40.5 Å². The minimum Gasteiger partial charge on any atom is -0.384 e. The second-order valence-corrected chi connectivity index (χ2v) is 4.78. The molecule has 4 atom stereocenters. The molecular formula is C12H23BO. The van der Waals surface area contributed by atoms with Crippen LogP contribution in [0.5, 0.6) is 0 Å². The van der Waals surface area contributed by atoms with Crippen molar-refractivity contribution in [2.75, 3.05) is 0 Å². The van der Waals surface area contributed by atoms with Gasteiger partial charge in [0, 0.05) is 6.00 Å². The molecule has 0 N–H and O–H groups in total. The van der Waals surface area contributed by atoms with Gasteiger partial charge in [-0.2, -0.15) is 0 Å². The van der Waals surface area contributed by atoms with Crippen LogP contribution in [0.1, 0.15) is 47.0 Å².